The number of nitrogens with zero attached hydrogens (tertiary/aromatic N) is 1. The Morgan fingerprint density at radius 3 is 2.62 bits per heavy atom. The summed E-state index contributed by atoms with van der Waals surface area (Å²) < 4.78 is 5.10. The Hall–Kier alpha value is -0.570. The standard InChI is InChI=1S/C10H17NO2/c1-8-3-4-11(5-8)9(12)10(2)6-13-7-10/h8H,3-7H2,1-2H3. The van der Waals surface area contributed by atoms with Crippen molar-refractivity contribution in [1.29, 1.82) is 0 Å². The van der Waals surface area contributed by atoms with Gasteiger partial charge in [0.05, 0.1) is 18.6 Å². The Morgan fingerprint density at radius 1 is 1.54 bits per heavy atom. The molecule has 0 N–H and O–H groups in total. The number of rotatable bonds is 1. The Bertz CT molecular complexity index is 223. The zero-order chi connectivity index (χ0) is 9.47. The van der Waals surface area contributed by atoms with Crippen LogP contribution in [0.25, 0.3) is 0 Å². The summed E-state index contributed by atoms with van der Waals surface area (Å²) >= 11 is 0. The predicted octanol–water partition coefficient (Wildman–Crippen LogP) is 0.891. The fraction of sp³-hybridized carbons (Fsp3) is 0.900. The molecule has 1 atom stereocenters. The second-order valence-electron chi connectivity index (χ2n) is 4.70. The van der Waals surface area contributed by atoms with E-state index in [-0.39, 0.29) is 5.41 Å². The lowest BCUT2D eigenvalue weighted by atomic mass is 9.87. The van der Waals surface area contributed by atoms with Gasteiger partial charge in [0, 0.05) is 13.1 Å². The topological polar surface area (TPSA) is 29.5 Å². The van der Waals surface area contributed by atoms with E-state index in [1.165, 1.54) is 0 Å². The molecule has 0 aromatic rings. The summed E-state index contributed by atoms with van der Waals surface area (Å²) in [4.78, 5) is 13.9. The number of hydrogen-bond donors (Lipinski definition) is 0. The minimum Gasteiger partial charge on any atom is -0.379 e. The van der Waals surface area contributed by atoms with E-state index in [1.54, 1.807) is 0 Å². The van der Waals surface area contributed by atoms with Gasteiger partial charge in [-0.3, -0.25) is 4.79 Å². The molecule has 2 fully saturated rings. The summed E-state index contributed by atoms with van der Waals surface area (Å²) in [5, 5.41) is 0. The van der Waals surface area contributed by atoms with Crippen molar-refractivity contribution in [2.24, 2.45) is 11.3 Å². The van der Waals surface area contributed by atoms with Crippen LogP contribution in [0, 0.1) is 11.3 Å². The number of ether oxygens (including phenoxy) is 1. The van der Waals surface area contributed by atoms with Crippen LogP contribution in [0.3, 0.4) is 0 Å². The van der Waals surface area contributed by atoms with Gasteiger partial charge in [0.15, 0.2) is 0 Å². The lowest BCUT2D eigenvalue weighted by Gasteiger charge is -2.39. The molecule has 2 aliphatic rings. The summed E-state index contributed by atoms with van der Waals surface area (Å²) in [6.45, 7) is 7.30. The number of carbonyl (C=O) groups is 1. The molecule has 2 rings (SSSR count). The summed E-state index contributed by atoms with van der Waals surface area (Å²) in [5.74, 6) is 0.969. The van der Waals surface area contributed by atoms with Crippen molar-refractivity contribution in [3.8, 4) is 0 Å². The van der Waals surface area contributed by atoms with Crippen LogP contribution in [0.15, 0.2) is 0 Å². The highest BCUT2D eigenvalue weighted by Gasteiger charge is 2.44. The van der Waals surface area contributed by atoms with E-state index in [4.69, 9.17) is 4.74 Å². The SMILES string of the molecule is CC1CCN(C(=O)C2(C)COC2)C1. The highest BCUT2D eigenvalue weighted by Crippen LogP contribution is 2.31. The van der Waals surface area contributed by atoms with E-state index >= 15 is 0 Å². The van der Waals surface area contributed by atoms with Gasteiger partial charge in [0.1, 0.15) is 0 Å². The lowest BCUT2D eigenvalue weighted by Crippen LogP contribution is -2.52. The van der Waals surface area contributed by atoms with E-state index < -0.39 is 0 Å². The molecule has 1 amide bonds. The van der Waals surface area contributed by atoms with Gasteiger partial charge in [0.25, 0.3) is 0 Å². The maximum absolute atomic E-state index is 11.9. The molecule has 3 heteroatoms. The average molecular weight is 183 g/mol. The van der Waals surface area contributed by atoms with Crippen LogP contribution in [-0.2, 0) is 9.53 Å². The van der Waals surface area contributed by atoms with Crippen LogP contribution in [-0.4, -0.2) is 37.1 Å². The van der Waals surface area contributed by atoms with Crippen molar-refractivity contribution in [3.05, 3.63) is 0 Å². The Morgan fingerprint density at radius 2 is 2.23 bits per heavy atom. The third-order valence-electron chi connectivity index (χ3n) is 3.07. The van der Waals surface area contributed by atoms with E-state index in [0.717, 1.165) is 19.5 Å². The molecule has 0 aromatic heterocycles. The van der Waals surface area contributed by atoms with E-state index in [0.29, 0.717) is 25.0 Å². The van der Waals surface area contributed by atoms with Crippen molar-refractivity contribution >= 4 is 5.91 Å². The first-order valence-electron chi connectivity index (χ1n) is 4.99. The molecule has 2 aliphatic heterocycles. The van der Waals surface area contributed by atoms with Crippen LogP contribution < -0.4 is 0 Å². The quantitative estimate of drug-likeness (QED) is 0.604. The van der Waals surface area contributed by atoms with Crippen molar-refractivity contribution in [2.75, 3.05) is 26.3 Å². The first kappa shape index (κ1) is 9.00. The smallest absolute Gasteiger partial charge is 0.233 e. The highest BCUT2D eigenvalue weighted by molar-refractivity contribution is 5.83. The van der Waals surface area contributed by atoms with E-state index in [2.05, 4.69) is 6.92 Å². The number of likely N-dealkylation sites (tertiary alicyclic amines) is 1. The Balaban J connectivity index is 1.97. The van der Waals surface area contributed by atoms with Crippen LogP contribution >= 0.6 is 0 Å². The zero-order valence-corrected chi connectivity index (χ0v) is 8.38. The molecule has 13 heavy (non-hydrogen) atoms. The molecule has 0 bridgehead atoms. The molecule has 74 valence electrons. The van der Waals surface area contributed by atoms with Crippen molar-refractivity contribution < 1.29 is 9.53 Å². The monoisotopic (exact) mass is 183 g/mol. The Labute approximate surface area is 79.0 Å². The van der Waals surface area contributed by atoms with Crippen LogP contribution in [0.1, 0.15) is 20.3 Å². The molecule has 2 saturated heterocycles. The third-order valence-corrected chi connectivity index (χ3v) is 3.07. The first-order chi connectivity index (χ1) is 6.12. The largest absolute Gasteiger partial charge is 0.379 e. The molecule has 0 aromatic carbocycles. The zero-order valence-electron chi connectivity index (χ0n) is 8.38. The van der Waals surface area contributed by atoms with Gasteiger partial charge < -0.3 is 9.64 Å². The Kier molecular flexibility index (Phi) is 2.06. The molecule has 0 saturated carbocycles. The van der Waals surface area contributed by atoms with E-state index in [9.17, 15) is 4.79 Å². The summed E-state index contributed by atoms with van der Waals surface area (Å²) in [7, 11) is 0. The minimum absolute atomic E-state index is 0.204. The third kappa shape index (κ3) is 1.46. The summed E-state index contributed by atoms with van der Waals surface area (Å²) in [6.07, 6.45) is 1.16. The van der Waals surface area contributed by atoms with Crippen molar-refractivity contribution in [1.82, 2.24) is 4.90 Å². The van der Waals surface area contributed by atoms with Gasteiger partial charge in [-0.2, -0.15) is 0 Å². The van der Waals surface area contributed by atoms with Gasteiger partial charge in [-0.05, 0) is 19.3 Å². The molecule has 2 heterocycles. The highest BCUT2D eigenvalue weighted by atomic mass is 16.5. The van der Waals surface area contributed by atoms with Crippen molar-refractivity contribution in [3.63, 3.8) is 0 Å². The molecular weight excluding hydrogens is 166 g/mol. The minimum atomic E-state index is -0.204. The lowest BCUT2D eigenvalue weighted by molar-refractivity contribution is -0.167. The molecule has 0 radical (unpaired) electrons. The molecule has 0 spiro atoms. The van der Waals surface area contributed by atoms with Crippen LogP contribution in [0.4, 0.5) is 0 Å². The fourth-order valence-electron chi connectivity index (χ4n) is 2.03. The number of hydrogen-bond acceptors (Lipinski definition) is 2. The van der Waals surface area contributed by atoms with Gasteiger partial charge in [-0.15, -0.1) is 0 Å². The maximum atomic E-state index is 11.9. The van der Waals surface area contributed by atoms with E-state index in [1.807, 2.05) is 11.8 Å². The molecule has 3 nitrogen and oxygen atoms in total. The second kappa shape index (κ2) is 2.98. The fourth-order valence-corrected chi connectivity index (χ4v) is 2.03. The van der Waals surface area contributed by atoms with Gasteiger partial charge in [-0.25, -0.2) is 0 Å². The normalized spacial score (nSPS) is 31.5. The average Bonchev–Trinajstić information content (AvgIpc) is 2.46. The van der Waals surface area contributed by atoms with Crippen molar-refractivity contribution in [2.45, 2.75) is 20.3 Å². The predicted molar refractivity (Wildman–Crippen MR) is 49.3 cm³/mol. The molecule has 0 aliphatic carbocycles. The number of carbonyl (C=O) groups excluding carboxylic acids is 1. The number of amides is 1. The second-order valence-corrected chi connectivity index (χ2v) is 4.70. The van der Waals surface area contributed by atoms with Gasteiger partial charge >= 0.3 is 0 Å². The summed E-state index contributed by atoms with van der Waals surface area (Å²) in [6, 6.07) is 0. The molecular formula is C10H17NO2. The van der Waals surface area contributed by atoms with Gasteiger partial charge in [0.2, 0.25) is 5.91 Å². The van der Waals surface area contributed by atoms with Gasteiger partial charge in [-0.1, -0.05) is 6.92 Å². The van der Waals surface area contributed by atoms with Crippen LogP contribution in [0.5, 0.6) is 0 Å². The molecule has 1 unspecified atom stereocenters. The van der Waals surface area contributed by atoms with Crippen LogP contribution in [0.2, 0.25) is 0 Å². The summed E-state index contributed by atoms with van der Waals surface area (Å²) in [5.41, 5.74) is -0.204. The first-order valence-corrected chi connectivity index (χ1v) is 4.99. The maximum Gasteiger partial charge on any atom is 0.233 e.